The lowest BCUT2D eigenvalue weighted by Crippen LogP contribution is -2.41. The van der Waals surface area contributed by atoms with Crippen molar-refractivity contribution in [2.45, 2.75) is 55.2 Å². The molecule has 2 aromatic carbocycles. The molecule has 2 aliphatic rings. The van der Waals surface area contributed by atoms with Crippen molar-refractivity contribution in [2.24, 2.45) is 5.14 Å². The van der Waals surface area contributed by atoms with Crippen LogP contribution in [0.4, 0.5) is 4.39 Å². The number of fused-ring (bicyclic) bond motifs is 1. The third kappa shape index (κ3) is 3.85. The number of primary sulfonamides is 1. The summed E-state index contributed by atoms with van der Waals surface area (Å²) in [6, 6.07) is 12.1. The summed E-state index contributed by atoms with van der Waals surface area (Å²) in [6.45, 7) is 0. The van der Waals surface area contributed by atoms with E-state index in [1.807, 2.05) is 18.2 Å². The van der Waals surface area contributed by atoms with Crippen molar-refractivity contribution in [1.82, 2.24) is 5.32 Å². The van der Waals surface area contributed by atoms with Crippen LogP contribution in [0.25, 0.3) is 0 Å². The van der Waals surface area contributed by atoms with E-state index in [1.54, 1.807) is 0 Å². The molecule has 0 bridgehead atoms. The lowest BCUT2D eigenvalue weighted by Gasteiger charge is -2.26. The zero-order valence-electron chi connectivity index (χ0n) is 14.9. The first-order chi connectivity index (χ1) is 12.9. The molecule has 27 heavy (non-hydrogen) atoms. The van der Waals surface area contributed by atoms with Gasteiger partial charge in [0, 0.05) is 6.04 Å². The van der Waals surface area contributed by atoms with Gasteiger partial charge in [-0.3, -0.25) is 0 Å². The molecule has 0 aliphatic heterocycles. The molecule has 2 aromatic rings. The van der Waals surface area contributed by atoms with Gasteiger partial charge in [-0.2, -0.15) is 0 Å². The second-order valence-electron chi connectivity index (χ2n) is 7.33. The molecule has 0 spiro atoms. The molecular weight excluding hydrogens is 367 g/mol. The molecule has 7 heteroatoms. The van der Waals surface area contributed by atoms with E-state index in [2.05, 4.69) is 11.4 Å². The van der Waals surface area contributed by atoms with Gasteiger partial charge in [0.05, 0.1) is 10.9 Å². The van der Waals surface area contributed by atoms with Crippen molar-refractivity contribution in [3.05, 3.63) is 59.4 Å². The Morgan fingerprint density at radius 3 is 2.56 bits per heavy atom. The fourth-order valence-corrected chi connectivity index (χ4v) is 4.66. The normalized spacial score (nSPS) is 22.7. The summed E-state index contributed by atoms with van der Waals surface area (Å²) in [5.41, 5.74) is 2.24. The lowest BCUT2D eigenvalue weighted by atomic mass is 10.1. The fourth-order valence-electron chi connectivity index (χ4n) is 4.14. The monoisotopic (exact) mass is 390 g/mol. The van der Waals surface area contributed by atoms with Gasteiger partial charge in [0.1, 0.15) is 6.10 Å². The molecule has 2 unspecified atom stereocenters. The smallest absolute Gasteiger partial charge is 0.238 e. The van der Waals surface area contributed by atoms with Crippen LogP contribution in [0.15, 0.2) is 47.4 Å². The summed E-state index contributed by atoms with van der Waals surface area (Å²) >= 11 is 0. The zero-order chi connectivity index (χ0) is 19.0. The number of halogens is 1. The first-order valence-corrected chi connectivity index (χ1v) is 10.8. The highest BCUT2D eigenvalue weighted by Gasteiger charge is 2.36. The van der Waals surface area contributed by atoms with E-state index in [9.17, 15) is 12.8 Å². The first kappa shape index (κ1) is 18.4. The minimum Gasteiger partial charge on any atom is -0.481 e. The van der Waals surface area contributed by atoms with E-state index < -0.39 is 15.8 Å². The van der Waals surface area contributed by atoms with Gasteiger partial charge in [0.2, 0.25) is 10.0 Å². The van der Waals surface area contributed by atoms with Crippen molar-refractivity contribution < 1.29 is 17.5 Å². The average Bonchev–Trinajstić information content (AvgIpc) is 3.24. The number of benzene rings is 2. The van der Waals surface area contributed by atoms with Gasteiger partial charge in [-0.05, 0) is 48.6 Å². The van der Waals surface area contributed by atoms with Crippen LogP contribution in [-0.2, 0) is 16.4 Å². The van der Waals surface area contributed by atoms with Crippen molar-refractivity contribution in [2.75, 3.05) is 0 Å². The zero-order valence-corrected chi connectivity index (χ0v) is 15.7. The number of hydrogen-bond donors (Lipinski definition) is 2. The van der Waals surface area contributed by atoms with Gasteiger partial charge in [0.25, 0.3) is 0 Å². The highest BCUT2D eigenvalue weighted by atomic mass is 32.2. The molecule has 144 valence electrons. The fraction of sp³-hybridized carbons (Fsp3) is 0.400. The summed E-state index contributed by atoms with van der Waals surface area (Å²) in [4.78, 5) is -0.264. The van der Waals surface area contributed by atoms with E-state index in [4.69, 9.17) is 9.88 Å². The van der Waals surface area contributed by atoms with Crippen LogP contribution in [0.3, 0.4) is 0 Å². The Morgan fingerprint density at radius 1 is 1.11 bits per heavy atom. The summed E-state index contributed by atoms with van der Waals surface area (Å²) in [7, 11) is -3.95. The van der Waals surface area contributed by atoms with Gasteiger partial charge in [-0.15, -0.1) is 0 Å². The van der Waals surface area contributed by atoms with Gasteiger partial charge >= 0.3 is 0 Å². The highest BCUT2D eigenvalue weighted by Crippen LogP contribution is 2.37. The predicted molar refractivity (Wildman–Crippen MR) is 100 cm³/mol. The van der Waals surface area contributed by atoms with Crippen molar-refractivity contribution in [1.29, 1.82) is 0 Å². The van der Waals surface area contributed by atoms with Gasteiger partial charge < -0.3 is 10.1 Å². The minimum absolute atomic E-state index is 0.0299. The van der Waals surface area contributed by atoms with Crippen LogP contribution in [-0.4, -0.2) is 20.5 Å². The summed E-state index contributed by atoms with van der Waals surface area (Å²) in [5.74, 6) is -0.701. The third-order valence-corrected chi connectivity index (χ3v) is 6.37. The SMILES string of the molecule is NS(=O)(=O)c1ccc(OC2c3ccccc3CC2NC2CCCC2)c(F)c1. The first-order valence-electron chi connectivity index (χ1n) is 9.25. The molecule has 1 saturated carbocycles. The highest BCUT2D eigenvalue weighted by molar-refractivity contribution is 7.89. The molecule has 0 saturated heterocycles. The van der Waals surface area contributed by atoms with E-state index in [0.29, 0.717) is 6.04 Å². The van der Waals surface area contributed by atoms with Crippen molar-refractivity contribution in [3.63, 3.8) is 0 Å². The van der Waals surface area contributed by atoms with Crippen LogP contribution in [0.1, 0.15) is 42.9 Å². The van der Waals surface area contributed by atoms with E-state index in [-0.39, 0.29) is 22.8 Å². The van der Waals surface area contributed by atoms with Crippen molar-refractivity contribution >= 4 is 10.0 Å². The minimum atomic E-state index is -3.95. The van der Waals surface area contributed by atoms with Crippen LogP contribution < -0.4 is 15.2 Å². The van der Waals surface area contributed by atoms with Gasteiger partial charge in [0.15, 0.2) is 11.6 Å². The standard InChI is InChI=1S/C20H23FN2O3S/c21-17-12-15(27(22,24)25)9-10-19(17)26-20-16-8-4-1-5-13(16)11-18(20)23-14-6-2-3-7-14/h1,4-5,8-10,12,14,18,20,23H,2-3,6-7,11H2,(H2,22,24,25). The molecule has 0 amide bonds. The maximum absolute atomic E-state index is 14.5. The summed E-state index contributed by atoms with van der Waals surface area (Å²) in [5, 5.41) is 8.76. The third-order valence-electron chi connectivity index (χ3n) is 5.46. The Kier molecular flexibility index (Phi) is 4.92. The van der Waals surface area contributed by atoms with Crippen LogP contribution in [0.2, 0.25) is 0 Å². The van der Waals surface area contributed by atoms with Crippen LogP contribution in [0.5, 0.6) is 5.75 Å². The van der Waals surface area contributed by atoms with E-state index >= 15 is 0 Å². The number of sulfonamides is 1. The Hall–Kier alpha value is -1.96. The molecule has 0 radical (unpaired) electrons. The van der Waals surface area contributed by atoms with E-state index in [0.717, 1.165) is 30.9 Å². The molecule has 2 atom stereocenters. The number of rotatable bonds is 5. The van der Waals surface area contributed by atoms with Crippen molar-refractivity contribution in [3.8, 4) is 5.75 Å². The second kappa shape index (κ2) is 7.22. The number of nitrogens with one attached hydrogen (secondary N) is 1. The predicted octanol–water partition coefficient (Wildman–Crippen LogP) is 3.05. The van der Waals surface area contributed by atoms with Crippen LogP contribution in [0, 0.1) is 5.82 Å². The molecule has 4 rings (SSSR count). The number of hydrogen-bond acceptors (Lipinski definition) is 4. The summed E-state index contributed by atoms with van der Waals surface area (Å²) < 4.78 is 43.3. The second-order valence-corrected chi connectivity index (χ2v) is 8.89. The topological polar surface area (TPSA) is 81.4 Å². The number of ether oxygens (including phenoxy) is 1. The average molecular weight is 390 g/mol. The Bertz CT molecular complexity index is 942. The molecule has 3 N–H and O–H groups in total. The molecule has 0 aromatic heterocycles. The van der Waals surface area contributed by atoms with Gasteiger partial charge in [-0.1, -0.05) is 37.1 Å². The molecular formula is C20H23FN2O3S. The van der Waals surface area contributed by atoms with Crippen LogP contribution >= 0.6 is 0 Å². The number of nitrogens with two attached hydrogens (primary N) is 1. The Balaban J connectivity index is 1.61. The Labute approximate surface area is 158 Å². The summed E-state index contributed by atoms with van der Waals surface area (Å²) in [6.07, 6.45) is 5.26. The maximum Gasteiger partial charge on any atom is 0.238 e. The van der Waals surface area contributed by atoms with E-state index in [1.165, 1.54) is 30.5 Å². The lowest BCUT2D eigenvalue weighted by molar-refractivity contribution is 0.153. The molecule has 2 aliphatic carbocycles. The maximum atomic E-state index is 14.5. The van der Waals surface area contributed by atoms with Gasteiger partial charge in [-0.25, -0.2) is 17.9 Å². The Morgan fingerprint density at radius 2 is 1.85 bits per heavy atom. The molecule has 1 fully saturated rings. The molecule has 5 nitrogen and oxygen atoms in total. The largest absolute Gasteiger partial charge is 0.481 e. The molecule has 0 heterocycles. The quantitative estimate of drug-likeness (QED) is 0.822.